The van der Waals surface area contributed by atoms with Crippen LogP contribution in [0.3, 0.4) is 0 Å². The van der Waals surface area contributed by atoms with Crippen LogP contribution in [0.4, 0.5) is 0 Å². The van der Waals surface area contributed by atoms with Gasteiger partial charge in [-0.2, -0.15) is 0 Å². The zero-order valence-electron chi connectivity index (χ0n) is 9.27. The second kappa shape index (κ2) is 5.23. The maximum Gasteiger partial charge on any atom is 0.252 e. The molecular weight excluding hydrogens is 236 g/mol. The quantitative estimate of drug-likeness (QED) is 0.698. The van der Waals surface area contributed by atoms with Gasteiger partial charge in [0.1, 0.15) is 0 Å². The lowest BCUT2D eigenvalue weighted by Gasteiger charge is -2.07. The lowest BCUT2D eigenvalue weighted by molar-refractivity contribution is -0.120. The Hall–Kier alpha value is -1.49. The van der Waals surface area contributed by atoms with Crippen molar-refractivity contribution in [3.05, 3.63) is 29.8 Å². The normalized spacial score (nSPS) is 14.2. The number of rotatable bonds is 4. The Labute approximate surface area is 105 Å². The van der Waals surface area contributed by atoms with Gasteiger partial charge in [0, 0.05) is 10.9 Å². The molecule has 2 rings (SSSR count). The molecule has 90 valence electrons. The summed E-state index contributed by atoms with van der Waals surface area (Å²) < 4.78 is 0. The van der Waals surface area contributed by atoms with Crippen LogP contribution in [-0.4, -0.2) is 24.4 Å². The summed E-state index contributed by atoms with van der Waals surface area (Å²) in [6, 6.07) is 7.30. The van der Waals surface area contributed by atoms with Gasteiger partial charge < -0.3 is 10.6 Å². The smallest absolute Gasteiger partial charge is 0.252 e. The van der Waals surface area contributed by atoms with E-state index in [1.807, 2.05) is 0 Å². The summed E-state index contributed by atoms with van der Waals surface area (Å²) >= 11 is 4.19. The topological polar surface area (TPSA) is 58.2 Å². The molecule has 0 atom stereocenters. The first kappa shape index (κ1) is 12.0. The monoisotopic (exact) mass is 250 g/mol. The van der Waals surface area contributed by atoms with Gasteiger partial charge in [-0.05, 0) is 25.0 Å². The zero-order valence-corrected chi connectivity index (χ0v) is 10.2. The van der Waals surface area contributed by atoms with E-state index in [1.165, 1.54) is 0 Å². The molecule has 0 aliphatic heterocycles. The van der Waals surface area contributed by atoms with Gasteiger partial charge in [-0.1, -0.05) is 12.1 Å². The molecule has 2 amide bonds. The van der Waals surface area contributed by atoms with E-state index in [4.69, 9.17) is 0 Å². The first-order chi connectivity index (χ1) is 8.16. The molecule has 0 bridgehead atoms. The summed E-state index contributed by atoms with van der Waals surface area (Å²) in [5.41, 5.74) is 0.482. The van der Waals surface area contributed by atoms with Gasteiger partial charge in [-0.3, -0.25) is 9.59 Å². The molecule has 0 saturated heterocycles. The molecule has 0 radical (unpaired) electrons. The van der Waals surface area contributed by atoms with Crippen molar-refractivity contribution >= 4 is 24.4 Å². The summed E-state index contributed by atoms with van der Waals surface area (Å²) in [6.07, 6.45) is 2.08. The number of benzene rings is 1. The minimum absolute atomic E-state index is 0.0114. The Morgan fingerprint density at radius 2 is 2.00 bits per heavy atom. The Bertz CT molecular complexity index is 444. The highest BCUT2D eigenvalue weighted by atomic mass is 32.1. The van der Waals surface area contributed by atoms with Crippen LogP contribution < -0.4 is 10.6 Å². The summed E-state index contributed by atoms with van der Waals surface area (Å²) in [5.74, 6) is -0.418. The van der Waals surface area contributed by atoms with Crippen molar-refractivity contribution in [1.29, 1.82) is 0 Å². The first-order valence-electron chi connectivity index (χ1n) is 5.52. The van der Waals surface area contributed by atoms with E-state index < -0.39 is 0 Å². The molecule has 5 heteroatoms. The van der Waals surface area contributed by atoms with Crippen molar-refractivity contribution in [1.82, 2.24) is 10.6 Å². The van der Waals surface area contributed by atoms with Crippen LogP contribution in [0.15, 0.2) is 29.2 Å². The molecule has 1 fully saturated rings. The number of hydrogen-bond donors (Lipinski definition) is 3. The molecular formula is C12H14N2O2S. The van der Waals surface area contributed by atoms with Crippen molar-refractivity contribution in [3.8, 4) is 0 Å². The number of thiol groups is 1. The molecule has 1 aliphatic rings. The molecule has 0 spiro atoms. The standard InChI is InChI=1S/C12H14N2O2S/c15-11(14-8-5-6-8)7-13-12(16)9-3-1-2-4-10(9)17/h1-4,8,17H,5-7H2,(H,13,16)(H,14,15). The van der Waals surface area contributed by atoms with Crippen molar-refractivity contribution in [2.24, 2.45) is 0 Å². The summed E-state index contributed by atoms with van der Waals surface area (Å²) in [6.45, 7) is 0.0114. The Morgan fingerprint density at radius 1 is 1.29 bits per heavy atom. The first-order valence-corrected chi connectivity index (χ1v) is 5.97. The number of hydrogen-bond acceptors (Lipinski definition) is 3. The molecule has 0 aromatic heterocycles. The van der Waals surface area contributed by atoms with E-state index in [1.54, 1.807) is 24.3 Å². The van der Waals surface area contributed by atoms with Crippen LogP contribution in [-0.2, 0) is 4.79 Å². The minimum atomic E-state index is -0.276. The zero-order chi connectivity index (χ0) is 12.3. The Kier molecular flexibility index (Phi) is 3.68. The van der Waals surface area contributed by atoms with Gasteiger partial charge in [0.2, 0.25) is 5.91 Å². The molecule has 1 aliphatic carbocycles. The van der Waals surface area contributed by atoms with Crippen molar-refractivity contribution < 1.29 is 9.59 Å². The lowest BCUT2D eigenvalue weighted by atomic mass is 10.2. The van der Waals surface area contributed by atoms with Gasteiger partial charge >= 0.3 is 0 Å². The van der Waals surface area contributed by atoms with Crippen LogP contribution in [0.25, 0.3) is 0 Å². The third-order valence-corrected chi connectivity index (χ3v) is 2.89. The molecule has 1 aromatic rings. The van der Waals surface area contributed by atoms with E-state index in [9.17, 15) is 9.59 Å². The Morgan fingerprint density at radius 3 is 2.65 bits per heavy atom. The maximum atomic E-state index is 11.7. The van der Waals surface area contributed by atoms with E-state index in [0.29, 0.717) is 16.5 Å². The fourth-order valence-corrected chi connectivity index (χ4v) is 1.69. The van der Waals surface area contributed by atoms with Crippen molar-refractivity contribution in [3.63, 3.8) is 0 Å². The maximum absolute atomic E-state index is 11.7. The van der Waals surface area contributed by atoms with Gasteiger partial charge in [0.05, 0.1) is 12.1 Å². The molecule has 1 aromatic carbocycles. The van der Waals surface area contributed by atoms with Crippen molar-refractivity contribution in [2.75, 3.05) is 6.54 Å². The van der Waals surface area contributed by atoms with Crippen LogP contribution in [0, 0.1) is 0 Å². The second-order valence-corrected chi connectivity index (χ2v) is 4.52. The van der Waals surface area contributed by atoms with E-state index in [-0.39, 0.29) is 18.4 Å². The Balaban J connectivity index is 1.84. The third kappa shape index (κ3) is 3.49. The highest BCUT2D eigenvalue weighted by Gasteiger charge is 2.23. The number of amides is 2. The third-order valence-electron chi connectivity index (χ3n) is 2.50. The molecule has 4 nitrogen and oxygen atoms in total. The van der Waals surface area contributed by atoms with Gasteiger partial charge in [-0.25, -0.2) is 0 Å². The van der Waals surface area contributed by atoms with E-state index in [0.717, 1.165) is 12.8 Å². The van der Waals surface area contributed by atoms with Gasteiger partial charge in [-0.15, -0.1) is 12.6 Å². The average molecular weight is 250 g/mol. The van der Waals surface area contributed by atoms with Crippen molar-refractivity contribution in [2.45, 2.75) is 23.8 Å². The molecule has 0 unspecified atom stereocenters. The highest BCUT2D eigenvalue weighted by Crippen LogP contribution is 2.18. The van der Waals surface area contributed by atoms with Gasteiger partial charge in [0.15, 0.2) is 0 Å². The number of carbonyl (C=O) groups is 2. The second-order valence-electron chi connectivity index (χ2n) is 4.04. The van der Waals surface area contributed by atoms with Crippen LogP contribution in [0.5, 0.6) is 0 Å². The largest absolute Gasteiger partial charge is 0.352 e. The summed E-state index contributed by atoms with van der Waals surface area (Å²) in [5, 5.41) is 5.38. The molecule has 17 heavy (non-hydrogen) atoms. The van der Waals surface area contributed by atoms with E-state index in [2.05, 4.69) is 23.3 Å². The predicted octanol–water partition coefficient (Wildman–Crippen LogP) is 0.984. The highest BCUT2D eigenvalue weighted by molar-refractivity contribution is 7.80. The summed E-state index contributed by atoms with van der Waals surface area (Å²) in [4.78, 5) is 23.7. The summed E-state index contributed by atoms with van der Waals surface area (Å²) in [7, 11) is 0. The molecule has 2 N–H and O–H groups in total. The average Bonchev–Trinajstić information content (AvgIpc) is 3.10. The predicted molar refractivity (Wildman–Crippen MR) is 67.2 cm³/mol. The van der Waals surface area contributed by atoms with Crippen LogP contribution in [0.2, 0.25) is 0 Å². The number of nitrogens with one attached hydrogen (secondary N) is 2. The van der Waals surface area contributed by atoms with Gasteiger partial charge in [0.25, 0.3) is 5.91 Å². The molecule has 0 heterocycles. The lowest BCUT2D eigenvalue weighted by Crippen LogP contribution is -2.37. The van der Waals surface area contributed by atoms with E-state index >= 15 is 0 Å². The minimum Gasteiger partial charge on any atom is -0.352 e. The fourth-order valence-electron chi connectivity index (χ4n) is 1.43. The molecule has 1 saturated carbocycles. The van der Waals surface area contributed by atoms with Crippen LogP contribution >= 0.6 is 12.6 Å². The SMILES string of the molecule is O=C(CNC(=O)c1ccccc1S)NC1CC1. The van der Waals surface area contributed by atoms with Crippen LogP contribution in [0.1, 0.15) is 23.2 Å². The fraction of sp³-hybridized carbons (Fsp3) is 0.333. The number of carbonyl (C=O) groups excluding carboxylic acids is 2.